The normalized spacial score (nSPS) is 10.5. The molecule has 0 spiro atoms. The Morgan fingerprint density at radius 1 is 1.05 bits per heavy atom. The molecule has 22 heavy (non-hydrogen) atoms. The van der Waals surface area contributed by atoms with Gasteiger partial charge in [0, 0.05) is 25.2 Å². The number of carbonyl (C=O) groups is 1. The van der Waals surface area contributed by atoms with E-state index in [4.69, 9.17) is 17.0 Å². The van der Waals surface area contributed by atoms with Crippen molar-refractivity contribution in [2.45, 2.75) is 0 Å². The van der Waals surface area contributed by atoms with Crippen LogP contribution in [0.3, 0.4) is 0 Å². The summed E-state index contributed by atoms with van der Waals surface area (Å²) in [4.78, 5) is 13.8. The third-order valence-corrected chi connectivity index (χ3v) is 3.40. The van der Waals surface area contributed by atoms with Crippen LogP contribution < -0.4 is 4.74 Å². The zero-order chi connectivity index (χ0) is 15.9. The number of para-hydroxylation sites is 1. The molecule has 2 aromatic rings. The summed E-state index contributed by atoms with van der Waals surface area (Å²) in [6.45, 7) is 0. The lowest BCUT2D eigenvalue weighted by atomic mass is 10.1. The minimum atomic E-state index is -0.0504. The number of carbonyl (C=O) groups excluding carboxylic acids is 1. The first kappa shape index (κ1) is 15.9. The van der Waals surface area contributed by atoms with Crippen LogP contribution in [0.1, 0.15) is 15.9 Å². The molecule has 0 aliphatic carbocycles. The molecule has 112 valence electrons. The van der Waals surface area contributed by atoms with Gasteiger partial charge in [0.25, 0.3) is 5.17 Å². The molecule has 0 aliphatic heterocycles. The monoisotopic (exact) mass is 311 g/mol. The predicted octanol–water partition coefficient (Wildman–Crippen LogP) is 3.81. The minimum Gasteiger partial charge on any atom is -0.431 e. The second kappa shape index (κ2) is 7.52. The summed E-state index contributed by atoms with van der Waals surface area (Å²) in [5, 5.41) is 0.371. The fourth-order valence-corrected chi connectivity index (χ4v) is 1.85. The number of thiocarbonyl (C=S) groups is 1. The smallest absolute Gasteiger partial charge is 0.264 e. The molecule has 2 aromatic carbocycles. The molecule has 0 unspecified atom stereocenters. The van der Waals surface area contributed by atoms with Crippen molar-refractivity contribution in [1.82, 2.24) is 4.90 Å². The predicted molar refractivity (Wildman–Crippen MR) is 93.2 cm³/mol. The van der Waals surface area contributed by atoms with Gasteiger partial charge in [0.05, 0.1) is 0 Å². The van der Waals surface area contributed by atoms with Gasteiger partial charge in [-0.1, -0.05) is 48.5 Å². The molecule has 0 aromatic heterocycles. The number of ketones is 1. The Labute approximate surface area is 135 Å². The van der Waals surface area contributed by atoms with E-state index in [0.717, 1.165) is 5.56 Å². The third kappa shape index (κ3) is 4.27. The van der Waals surface area contributed by atoms with Crippen molar-refractivity contribution in [2.75, 3.05) is 14.1 Å². The van der Waals surface area contributed by atoms with Crippen LogP contribution in [0.15, 0.2) is 60.7 Å². The van der Waals surface area contributed by atoms with Crippen LogP contribution in [0.4, 0.5) is 0 Å². The van der Waals surface area contributed by atoms with Gasteiger partial charge in [0.1, 0.15) is 5.75 Å². The van der Waals surface area contributed by atoms with E-state index in [1.807, 2.05) is 56.6 Å². The summed E-state index contributed by atoms with van der Waals surface area (Å²) in [6.07, 6.45) is 3.28. The van der Waals surface area contributed by atoms with Gasteiger partial charge in [0.15, 0.2) is 5.78 Å². The number of ether oxygens (including phenoxy) is 1. The van der Waals surface area contributed by atoms with Gasteiger partial charge in [-0.2, -0.15) is 0 Å². The minimum absolute atomic E-state index is 0.0504. The summed E-state index contributed by atoms with van der Waals surface area (Å²) >= 11 is 5.14. The van der Waals surface area contributed by atoms with Crippen molar-refractivity contribution in [3.63, 3.8) is 0 Å². The Hall–Kier alpha value is -2.46. The quantitative estimate of drug-likeness (QED) is 0.488. The largest absolute Gasteiger partial charge is 0.431 e. The molecule has 2 rings (SSSR count). The maximum absolute atomic E-state index is 12.1. The van der Waals surface area contributed by atoms with E-state index in [1.54, 1.807) is 23.1 Å². The number of nitrogens with zero attached hydrogens (tertiary/aromatic N) is 1. The van der Waals surface area contributed by atoms with E-state index >= 15 is 0 Å². The molecular weight excluding hydrogens is 294 g/mol. The molecule has 3 nitrogen and oxygen atoms in total. The summed E-state index contributed by atoms with van der Waals surface area (Å²) < 4.78 is 5.64. The van der Waals surface area contributed by atoms with E-state index in [2.05, 4.69) is 0 Å². The van der Waals surface area contributed by atoms with Gasteiger partial charge in [-0.05, 0) is 30.4 Å². The molecule has 0 N–H and O–H groups in total. The molecule has 0 heterocycles. The van der Waals surface area contributed by atoms with Crippen molar-refractivity contribution in [2.24, 2.45) is 0 Å². The highest BCUT2D eigenvalue weighted by Crippen LogP contribution is 2.20. The topological polar surface area (TPSA) is 29.5 Å². The van der Waals surface area contributed by atoms with Gasteiger partial charge in [-0.3, -0.25) is 4.79 Å². The van der Waals surface area contributed by atoms with E-state index in [1.165, 1.54) is 6.08 Å². The Morgan fingerprint density at radius 3 is 2.36 bits per heavy atom. The number of benzene rings is 2. The van der Waals surface area contributed by atoms with E-state index in [9.17, 15) is 4.79 Å². The van der Waals surface area contributed by atoms with Crippen molar-refractivity contribution in [3.8, 4) is 5.75 Å². The lowest BCUT2D eigenvalue weighted by Gasteiger charge is -2.15. The van der Waals surface area contributed by atoms with Gasteiger partial charge >= 0.3 is 0 Å². The summed E-state index contributed by atoms with van der Waals surface area (Å²) in [6, 6.07) is 16.6. The first-order valence-corrected chi connectivity index (χ1v) is 7.24. The maximum Gasteiger partial charge on any atom is 0.264 e. The summed E-state index contributed by atoms with van der Waals surface area (Å²) in [5.74, 6) is 0.573. The number of hydrogen-bond donors (Lipinski definition) is 0. The molecule has 4 heteroatoms. The zero-order valence-electron chi connectivity index (χ0n) is 12.5. The average molecular weight is 311 g/mol. The van der Waals surface area contributed by atoms with Crippen molar-refractivity contribution >= 4 is 29.3 Å². The molecule has 0 amide bonds. The van der Waals surface area contributed by atoms with Crippen LogP contribution >= 0.6 is 12.2 Å². The van der Waals surface area contributed by atoms with Crippen molar-refractivity contribution in [3.05, 3.63) is 71.8 Å². The molecule has 0 fully saturated rings. The molecule has 0 bridgehead atoms. The fraction of sp³-hybridized carbons (Fsp3) is 0.111. The van der Waals surface area contributed by atoms with Crippen LogP contribution in [-0.2, 0) is 0 Å². The average Bonchev–Trinajstić information content (AvgIpc) is 2.54. The van der Waals surface area contributed by atoms with Gasteiger partial charge in [0.2, 0.25) is 0 Å². The highest BCUT2D eigenvalue weighted by molar-refractivity contribution is 7.80. The van der Waals surface area contributed by atoms with Gasteiger partial charge in [-0.15, -0.1) is 0 Å². The van der Waals surface area contributed by atoms with E-state index < -0.39 is 0 Å². The van der Waals surface area contributed by atoms with Crippen LogP contribution in [-0.4, -0.2) is 30.0 Å². The van der Waals surface area contributed by atoms with Crippen molar-refractivity contribution < 1.29 is 9.53 Å². The first-order chi connectivity index (χ1) is 10.6. The first-order valence-electron chi connectivity index (χ1n) is 6.83. The molecule has 0 radical (unpaired) electrons. The second-order valence-corrected chi connectivity index (χ2v) is 5.21. The zero-order valence-corrected chi connectivity index (χ0v) is 13.3. The Balaban J connectivity index is 2.17. The lowest BCUT2D eigenvalue weighted by Crippen LogP contribution is -2.25. The van der Waals surface area contributed by atoms with E-state index in [0.29, 0.717) is 16.5 Å². The fourth-order valence-electron chi connectivity index (χ4n) is 1.76. The van der Waals surface area contributed by atoms with E-state index in [-0.39, 0.29) is 5.78 Å². The van der Waals surface area contributed by atoms with Gasteiger partial charge < -0.3 is 9.64 Å². The second-order valence-electron chi connectivity index (χ2n) is 4.86. The summed E-state index contributed by atoms with van der Waals surface area (Å²) in [7, 11) is 3.64. The highest BCUT2D eigenvalue weighted by atomic mass is 32.1. The number of hydrogen-bond acceptors (Lipinski definition) is 3. The molecular formula is C18H17NO2S. The SMILES string of the molecule is CN(C)C(=S)Oc1ccccc1/C=C/C(=O)c1ccccc1. The lowest BCUT2D eigenvalue weighted by molar-refractivity contribution is 0.104. The van der Waals surface area contributed by atoms with Gasteiger partial charge in [-0.25, -0.2) is 0 Å². The number of allylic oxidation sites excluding steroid dienone is 1. The Bertz CT molecular complexity index is 693. The molecule has 0 atom stereocenters. The Morgan fingerprint density at radius 2 is 1.68 bits per heavy atom. The standard InChI is InChI=1S/C18H17NO2S/c1-19(2)18(22)21-17-11-7-6-10-15(17)12-13-16(20)14-8-4-3-5-9-14/h3-13H,1-2H3/b13-12+. The van der Waals surface area contributed by atoms with Crippen LogP contribution in [0.2, 0.25) is 0 Å². The summed E-state index contributed by atoms with van der Waals surface area (Å²) in [5.41, 5.74) is 1.46. The van der Waals surface area contributed by atoms with Crippen LogP contribution in [0.5, 0.6) is 5.75 Å². The van der Waals surface area contributed by atoms with Crippen molar-refractivity contribution in [1.29, 1.82) is 0 Å². The van der Waals surface area contributed by atoms with Crippen LogP contribution in [0, 0.1) is 0 Å². The third-order valence-electron chi connectivity index (χ3n) is 2.95. The Kier molecular flexibility index (Phi) is 5.44. The molecule has 0 aliphatic rings. The molecule has 0 saturated heterocycles. The molecule has 0 saturated carbocycles. The highest BCUT2D eigenvalue weighted by Gasteiger charge is 2.06. The van der Waals surface area contributed by atoms with Crippen LogP contribution in [0.25, 0.3) is 6.08 Å². The number of rotatable bonds is 4. The maximum atomic E-state index is 12.1.